The number of carbonyl (C=O) groups excluding carboxylic acids is 1. The van der Waals surface area contributed by atoms with Crippen molar-refractivity contribution in [2.24, 2.45) is 0 Å². The third kappa shape index (κ3) is 3.17. The summed E-state index contributed by atoms with van der Waals surface area (Å²) in [5.41, 5.74) is 0.944. The molecule has 2 aromatic heterocycles. The number of hydrogen-bond donors (Lipinski definition) is 0. The summed E-state index contributed by atoms with van der Waals surface area (Å²) in [4.78, 5) is 33.7. The number of rotatable bonds is 3. The quantitative estimate of drug-likeness (QED) is 0.712. The molecule has 0 aliphatic carbocycles. The highest BCUT2D eigenvalue weighted by Gasteiger charge is 2.20. The number of aryl methyl sites for hydroxylation is 1. The summed E-state index contributed by atoms with van der Waals surface area (Å²) in [5, 5.41) is 0.589. The predicted molar refractivity (Wildman–Crippen MR) is 104 cm³/mol. The van der Waals surface area contributed by atoms with Crippen LogP contribution in [0.5, 0.6) is 0 Å². The van der Waals surface area contributed by atoms with Gasteiger partial charge in [0.15, 0.2) is 0 Å². The molecule has 0 saturated carbocycles. The Labute approximate surface area is 155 Å². The van der Waals surface area contributed by atoms with Gasteiger partial charge in [-0.05, 0) is 37.8 Å². The zero-order valence-corrected chi connectivity index (χ0v) is 15.6. The summed E-state index contributed by atoms with van der Waals surface area (Å²) in [6, 6.07) is 11.9. The van der Waals surface area contributed by atoms with Gasteiger partial charge < -0.3 is 4.90 Å². The number of aromatic nitrogens is 2. The molecule has 5 nitrogen and oxygen atoms in total. The average Bonchev–Trinajstić information content (AvgIpc) is 3.10. The molecule has 0 spiro atoms. The topological polar surface area (TPSA) is 55.2 Å². The Morgan fingerprint density at radius 1 is 1.15 bits per heavy atom. The Hall–Kier alpha value is -2.47. The average molecular weight is 367 g/mol. The van der Waals surface area contributed by atoms with Gasteiger partial charge in [0.2, 0.25) is 5.91 Å². The van der Waals surface area contributed by atoms with Crippen LogP contribution in [-0.2, 0) is 11.3 Å². The number of fused-ring (bicyclic) bond motifs is 1. The first-order valence-corrected chi connectivity index (χ1v) is 9.79. The van der Waals surface area contributed by atoms with Crippen LogP contribution in [0.2, 0.25) is 0 Å². The van der Waals surface area contributed by atoms with Crippen LogP contribution in [0.3, 0.4) is 0 Å². The second-order valence-electron chi connectivity index (χ2n) is 6.69. The molecule has 26 heavy (non-hydrogen) atoms. The van der Waals surface area contributed by atoms with Crippen LogP contribution in [0.15, 0.2) is 41.2 Å². The maximum atomic E-state index is 13.0. The molecule has 0 radical (unpaired) electrons. The lowest BCUT2D eigenvalue weighted by Gasteiger charge is -2.27. The summed E-state index contributed by atoms with van der Waals surface area (Å²) < 4.78 is 1.51. The zero-order chi connectivity index (χ0) is 18.1. The van der Waals surface area contributed by atoms with Gasteiger partial charge in [-0.15, -0.1) is 11.3 Å². The monoisotopic (exact) mass is 367 g/mol. The van der Waals surface area contributed by atoms with E-state index in [1.165, 1.54) is 22.3 Å². The Morgan fingerprint density at radius 3 is 2.62 bits per heavy atom. The molecule has 0 bridgehead atoms. The molecule has 1 aliphatic heterocycles. The van der Waals surface area contributed by atoms with Crippen molar-refractivity contribution < 1.29 is 4.79 Å². The first-order valence-electron chi connectivity index (χ1n) is 8.97. The van der Waals surface area contributed by atoms with Gasteiger partial charge in [-0.25, -0.2) is 4.98 Å². The van der Waals surface area contributed by atoms with Crippen LogP contribution in [0.25, 0.3) is 20.7 Å². The van der Waals surface area contributed by atoms with Crippen LogP contribution in [0.1, 0.15) is 25.1 Å². The second kappa shape index (κ2) is 7.03. The molecule has 1 aromatic carbocycles. The number of benzene rings is 1. The number of carbonyl (C=O) groups is 1. The molecule has 6 heteroatoms. The van der Waals surface area contributed by atoms with E-state index in [0.717, 1.165) is 41.2 Å². The molecule has 1 amide bonds. The van der Waals surface area contributed by atoms with Crippen molar-refractivity contribution in [3.63, 3.8) is 0 Å². The van der Waals surface area contributed by atoms with E-state index >= 15 is 0 Å². The number of hydrogen-bond acceptors (Lipinski definition) is 4. The lowest BCUT2D eigenvalue weighted by Crippen LogP contribution is -2.40. The van der Waals surface area contributed by atoms with Crippen molar-refractivity contribution >= 4 is 27.5 Å². The van der Waals surface area contributed by atoms with Crippen molar-refractivity contribution in [3.8, 4) is 10.4 Å². The van der Waals surface area contributed by atoms with Crippen LogP contribution >= 0.6 is 11.3 Å². The standard InChI is InChI=1S/C20H21N3O2S/c1-14-21-19-16(12-17(26-19)15-8-4-2-5-9-15)20(25)23(14)13-18(24)22-10-6-3-7-11-22/h2,4-5,8-9,12H,3,6-7,10-11,13H2,1H3. The molecular weight excluding hydrogens is 346 g/mol. The minimum atomic E-state index is -0.128. The van der Waals surface area contributed by atoms with E-state index < -0.39 is 0 Å². The van der Waals surface area contributed by atoms with E-state index in [9.17, 15) is 9.59 Å². The highest BCUT2D eigenvalue weighted by atomic mass is 32.1. The molecule has 0 unspecified atom stereocenters. The van der Waals surface area contributed by atoms with E-state index in [4.69, 9.17) is 0 Å². The van der Waals surface area contributed by atoms with Gasteiger partial charge in [-0.1, -0.05) is 30.3 Å². The van der Waals surface area contributed by atoms with Gasteiger partial charge in [-0.2, -0.15) is 0 Å². The number of thiophene rings is 1. The first-order chi connectivity index (χ1) is 12.6. The van der Waals surface area contributed by atoms with Crippen LogP contribution in [0.4, 0.5) is 0 Å². The van der Waals surface area contributed by atoms with Crippen molar-refractivity contribution in [3.05, 3.63) is 52.6 Å². The molecule has 0 N–H and O–H groups in total. The number of piperidine rings is 1. The van der Waals surface area contributed by atoms with Crippen LogP contribution in [-0.4, -0.2) is 33.4 Å². The summed E-state index contributed by atoms with van der Waals surface area (Å²) in [7, 11) is 0. The fourth-order valence-corrected chi connectivity index (χ4v) is 4.50. The van der Waals surface area contributed by atoms with Crippen molar-refractivity contribution in [1.82, 2.24) is 14.5 Å². The van der Waals surface area contributed by atoms with E-state index in [0.29, 0.717) is 11.2 Å². The van der Waals surface area contributed by atoms with Gasteiger partial charge in [0.05, 0.1) is 5.39 Å². The van der Waals surface area contributed by atoms with Gasteiger partial charge in [0.1, 0.15) is 17.2 Å². The van der Waals surface area contributed by atoms with Gasteiger partial charge in [0, 0.05) is 18.0 Å². The molecule has 1 saturated heterocycles. The molecule has 134 valence electrons. The Morgan fingerprint density at radius 2 is 1.88 bits per heavy atom. The minimum absolute atomic E-state index is 0.00885. The number of amides is 1. The summed E-state index contributed by atoms with van der Waals surface area (Å²) >= 11 is 1.51. The van der Waals surface area contributed by atoms with Gasteiger partial charge in [-0.3, -0.25) is 14.2 Å². The highest BCUT2D eigenvalue weighted by molar-refractivity contribution is 7.21. The number of nitrogens with zero attached hydrogens (tertiary/aromatic N) is 3. The van der Waals surface area contributed by atoms with Crippen molar-refractivity contribution in [2.45, 2.75) is 32.7 Å². The first kappa shape index (κ1) is 17.0. The molecule has 3 heterocycles. The van der Waals surface area contributed by atoms with Gasteiger partial charge in [0.25, 0.3) is 5.56 Å². The maximum Gasteiger partial charge on any atom is 0.262 e. The molecule has 1 aliphatic rings. The SMILES string of the molecule is Cc1nc2sc(-c3ccccc3)cc2c(=O)n1CC(=O)N1CCCCC1. The fraction of sp³-hybridized carbons (Fsp3) is 0.350. The van der Waals surface area contributed by atoms with E-state index in [2.05, 4.69) is 4.98 Å². The highest BCUT2D eigenvalue weighted by Crippen LogP contribution is 2.30. The van der Waals surface area contributed by atoms with Crippen molar-refractivity contribution in [1.29, 1.82) is 0 Å². The fourth-order valence-electron chi connectivity index (χ4n) is 3.43. The van der Waals surface area contributed by atoms with Gasteiger partial charge >= 0.3 is 0 Å². The smallest absolute Gasteiger partial charge is 0.262 e. The summed E-state index contributed by atoms with van der Waals surface area (Å²) in [6.45, 7) is 3.45. The Bertz CT molecular complexity index is 1000. The van der Waals surface area contributed by atoms with E-state index in [-0.39, 0.29) is 18.0 Å². The minimum Gasteiger partial charge on any atom is -0.341 e. The van der Waals surface area contributed by atoms with E-state index in [1.54, 1.807) is 6.92 Å². The largest absolute Gasteiger partial charge is 0.341 e. The third-order valence-corrected chi connectivity index (χ3v) is 5.98. The van der Waals surface area contributed by atoms with Crippen LogP contribution in [0, 0.1) is 6.92 Å². The Kier molecular flexibility index (Phi) is 4.59. The summed E-state index contributed by atoms with van der Waals surface area (Å²) in [5.74, 6) is 0.601. The third-order valence-electron chi connectivity index (χ3n) is 4.90. The summed E-state index contributed by atoms with van der Waals surface area (Å²) in [6.07, 6.45) is 3.26. The normalized spacial score (nSPS) is 14.7. The molecule has 3 aromatic rings. The molecule has 0 atom stereocenters. The van der Waals surface area contributed by atoms with Crippen LogP contribution < -0.4 is 5.56 Å². The number of likely N-dealkylation sites (tertiary alicyclic amines) is 1. The Balaban J connectivity index is 1.69. The molecular formula is C20H21N3O2S. The zero-order valence-electron chi connectivity index (χ0n) is 14.8. The van der Waals surface area contributed by atoms with Crippen molar-refractivity contribution in [2.75, 3.05) is 13.1 Å². The van der Waals surface area contributed by atoms with E-state index in [1.807, 2.05) is 41.3 Å². The molecule has 1 fully saturated rings. The molecule has 4 rings (SSSR count). The lowest BCUT2D eigenvalue weighted by molar-refractivity contribution is -0.132. The lowest BCUT2D eigenvalue weighted by atomic mass is 10.1. The maximum absolute atomic E-state index is 13.0. The predicted octanol–water partition coefficient (Wildman–Crippen LogP) is 3.45. The second-order valence-corrected chi connectivity index (χ2v) is 7.72.